The largest absolute Gasteiger partial charge is 0.349 e. The molecule has 0 aromatic carbocycles. The fourth-order valence-corrected chi connectivity index (χ4v) is 3.73. The molecule has 1 saturated heterocycles. The van der Waals surface area contributed by atoms with Crippen LogP contribution in [0.2, 0.25) is 0 Å². The van der Waals surface area contributed by atoms with Crippen molar-refractivity contribution in [1.29, 1.82) is 0 Å². The first-order valence-electron chi connectivity index (χ1n) is 8.35. The summed E-state index contributed by atoms with van der Waals surface area (Å²) in [5.41, 5.74) is 0. The van der Waals surface area contributed by atoms with Crippen LogP contribution in [0.1, 0.15) is 51.4 Å². The van der Waals surface area contributed by atoms with E-state index in [1.54, 1.807) is 4.90 Å². The standard InChI is InChI=1S/C16H31N3O/c1-19(2)16(20)10-12-18-15-8-4-3-7-13(15)14-9-5-6-11-17-14/h13-15,17-18H,3-12H2,1-2H3. The van der Waals surface area contributed by atoms with E-state index < -0.39 is 0 Å². The molecule has 0 radical (unpaired) electrons. The predicted octanol–water partition coefficient (Wildman–Crippen LogP) is 1.76. The van der Waals surface area contributed by atoms with Gasteiger partial charge in [-0.15, -0.1) is 0 Å². The summed E-state index contributed by atoms with van der Waals surface area (Å²) in [5.74, 6) is 0.985. The summed E-state index contributed by atoms with van der Waals surface area (Å²) in [6, 6.07) is 1.31. The zero-order chi connectivity index (χ0) is 14.4. The second kappa shape index (κ2) is 7.99. The van der Waals surface area contributed by atoms with Crippen molar-refractivity contribution >= 4 is 5.91 Å². The minimum Gasteiger partial charge on any atom is -0.349 e. The van der Waals surface area contributed by atoms with E-state index in [4.69, 9.17) is 0 Å². The van der Waals surface area contributed by atoms with Gasteiger partial charge in [-0.25, -0.2) is 0 Å². The molecule has 1 amide bonds. The monoisotopic (exact) mass is 281 g/mol. The van der Waals surface area contributed by atoms with E-state index >= 15 is 0 Å². The van der Waals surface area contributed by atoms with Crippen LogP contribution in [0.15, 0.2) is 0 Å². The Balaban J connectivity index is 1.79. The maximum atomic E-state index is 11.6. The van der Waals surface area contributed by atoms with Crippen LogP contribution in [0.4, 0.5) is 0 Å². The Bertz CT molecular complexity index is 300. The van der Waals surface area contributed by atoms with Crippen molar-refractivity contribution < 1.29 is 4.79 Å². The Morgan fingerprint density at radius 1 is 1.15 bits per heavy atom. The molecular formula is C16H31N3O. The van der Waals surface area contributed by atoms with Gasteiger partial charge in [0.05, 0.1) is 0 Å². The number of hydrogen-bond donors (Lipinski definition) is 2. The normalized spacial score (nSPS) is 31.0. The summed E-state index contributed by atoms with van der Waals surface area (Å²) in [5, 5.41) is 7.39. The number of rotatable bonds is 5. The highest BCUT2D eigenvalue weighted by Gasteiger charge is 2.32. The van der Waals surface area contributed by atoms with E-state index in [0.717, 1.165) is 12.5 Å². The third-order valence-corrected chi connectivity index (χ3v) is 4.93. The van der Waals surface area contributed by atoms with E-state index in [1.165, 1.54) is 51.5 Å². The van der Waals surface area contributed by atoms with E-state index in [9.17, 15) is 4.79 Å². The van der Waals surface area contributed by atoms with Gasteiger partial charge in [0.15, 0.2) is 0 Å². The van der Waals surface area contributed by atoms with Gasteiger partial charge in [0, 0.05) is 39.1 Å². The molecule has 0 spiro atoms. The quantitative estimate of drug-likeness (QED) is 0.807. The number of carbonyl (C=O) groups is 1. The Hall–Kier alpha value is -0.610. The fraction of sp³-hybridized carbons (Fsp3) is 0.938. The van der Waals surface area contributed by atoms with E-state index in [2.05, 4.69) is 10.6 Å². The highest BCUT2D eigenvalue weighted by Crippen LogP contribution is 2.30. The summed E-state index contributed by atoms with van der Waals surface area (Å²) in [7, 11) is 3.66. The van der Waals surface area contributed by atoms with Crippen molar-refractivity contribution in [2.45, 2.75) is 63.5 Å². The zero-order valence-corrected chi connectivity index (χ0v) is 13.2. The molecule has 2 fully saturated rings. The predicted molar refractivity (Wildman–Crippen MR) is 82.7 cm³/mol. The van der Waals surface area contributed by atoms with Crippen LogP contribution in [-0.4, -0.2) is 50.1 Å². The smallest absolute Gasteiger partial charge is 0.223 e. The van der Waals surface area contributed by atoms with Gasteiger partial charge >= 0.3 is 0 Å². The van der Waals surface area contributed by atoms with Crippen LogP contribution in [0, 0.1) is 5.92 Å². The molecular weight excluding hydrogens is 250 g/mol. The van der Waals surface area contributed by atoms with Gasteiger partial charge in [0.2, 0.25) is 5.91 Å². The lowest BCUT2D eigenvalue weighted by Gasteiger charge is -2.40. The van der Waals surface area contributed by atoms with Crippen molar-refractivity contribution in [2.24, 2.45) is 5.92 Å². The lowest BCUT2D eigenvalue weighted by atomic mass is 9.77. The third-order valence-electron chi connectivity index (χ3n) is 4.93. The summed E-state index contributed by atoms with van der Waals surface area (Å²) in [6.45, 7) is 2.01. The Morgan fingerprint density at radius 2 is 1.90 bits per heavy atom. The minimum absolute atomic E-state index is 0.223. The number of hydrogen-bond acceptors (Lipinski definition) is 3. The van der Waals surface area contributed by atoms with Crippen LogP contribution in [0.3, 0.4) is 0 Å². The summed E-state index contributed by atoms with van der Waals surface area (Å²) >= 11 is 0. The molecule has 1 aliphatic heterocycles. The highest BCUT2D eigenvalue weighted by molar-refractivity contribution is 5.75. The summed E-state index contributed by atoms with van der Waals surface area (Å²) in [4.78, 5) is 13.3. The van der Waals surface area contributed by atoms with Crippen molar-refractivity contribution in [3.8, 4) is 0 Å². The molecule has 20 heavy (non-hydrogen) atoms. The molecule has 1 saturated carbocycles. The fourth-order valence-electron chi connectivity index (χ4n) is 3.73. The number of nitrogens with zero attached hydrogens (tertiary/aromatic N) is 1. The molecule has 2 rings (SSSR count). The number of amides is 1. The molecule has 2 aliphatic rings. The maximum absolute atomic E-state index is 11.6. The third kappa shape index (κ3) is 4.45. The van der Waals surface area contributed by atoms with Gasteiger partial charge in [-0.2, -0.15) is 0 Å². The average Bonchev–Trinajstić information content (AvgIpc) is 2.48. The summed E-state index contributed by atoms with van der Waals surface area (Å²) < 4.78 is 0. The van der Waals surface area contributed by atoms with Gasteiger partial charge in [-0.3, -0.25) is 4.79 Å². The molecule has 0 bridgehead atoms. The first-order chi connectivity index (χ1) is 9.68. The zero-order valence-electron chi connectivity index (χ0n) is 13.2. The van der Waals surface area contributed by atoms with Crippen molar-refractivity contribution in [2.75, 3.05) is 27.2 Å². The molecule has 1 aliphatic carbocycles. The average molecular weight is 281 g/mol. The second-order valence-corrected chi connectivity index (χ2v) is 6.60. The summed E-state index contributed by atoms with van der Waals surface area (Å²) in [6.07, 6.45) is 9.99. The Morgan fingerprint density at radius 3 is 2.60 bits per heavy atom. The molecule has 3 atom stereocenters. The number of carbonyl (C=O) groups excluding carboxylic acids is 1. The molecule has 0 aromatic heterocycles. The van der Waals surface area contributed by atoms with Gasteiger partial charge < -0.3 is 15.5 Å². The van der Waals surface area contributed by atoms with Crippen LogP contribution < -0.4 is 10.6 Å². The number of nitrogens with one attached hydrogen (secondary N) is 2. The molecule has 4 heteroatoms. The minimum atomic E-state index is 0.223. The van der Waals surface area contributed by atoms with Crippen molar-refractivity contribution in [3.05, 3.63) is 0 Å². The van der Waals surface area contributed by atoms with E-state index in [0.29, 0.717) is 18.5 Å². The first kappa shape index (κ1) is 15.8. The van der Waals surface area contributed by atoms with Crippen LogP contribution >= 0.6 is 0 Å². The molecule has 1 heterocycles. The van der Waals surface area contributed by atoms with Crippen molar-refractivity contribution in [1.82, 2.24) is 15.5 Å². The highest BCUT2D eigenvalue weighted by atomic mass is 16.2. The lowest BCUT2D eigenvalue weighted by molar-refractivity contribution is -0.128. The van der Waals surface area contributed by atoms with Crippen LogP contribution in [0.25, 0.3) is 0 Å². The topological polar surface area (TPSA) is 44.4 Å². The van der Waals surface area contributed by atoms with E-state index in [-0.39, 0.29) is 5.91 Å². The Kier molecular flexibility index (Phi) is 6.30. The molecule has 0 aromatic rings. The lowest BCUT2D eigenvalue weighted by Crippen LogP contribution is -2.51. The SMILES string of the molecule is CN(C)C(=O)CCNC1CCCCC1C1CCCCN1. The molecule has 3 unspecified atom stereocenters. The number of piperidine rings is 1. The Labute approximate surface area is 123 Å². The maximum Gasteiger partial charge on any atom is 0.223 e. The van der Waals surface area contributed by atoms with E-state index in [1.807, 2.05) is 14.1 Å². The van der Waals surface area contributed by atoms with Gasteiger partial charge in [0.1, 0.15) is 0 Å². The first-order valence-corrected chi connectivity index (χ1v) is 8.35. The van der Waals surface area contributed by atoms with Crippen LogP contribution in [-0.2, 0) is 4.79 Å². The molecule has 4 nitrogen and oxygen atoms in total. The van der Waals surface area contributed by atoms with Gasteiger partial charge in [-0.1, -0.05) is 19.3 Å². The molecule has 2 N–H and O–H groups in total. The molecule has 116 valence electrons. The van der Waals surface area contributed by atoms with Gasteiger partial charge in [0.25, 0.3) is 0 Å². The van der Waals surface area contributed by atoms with Gasteiger partial charge in [-0.05, 0) is 38.1 Å². The second-order valence-electron chi connectivity index (χ2n) is 6.60. The van der Waals surface area contributed by atoms with Crippen molar-refractivity contribution in [3.63, 3.8) is 0 Å². The van der Waals surface area contributed by atoms with Crippen LogP contribution in [0.5, 0.6) is 0 Å².